The molecule has 0 unspecified atom stereocenters. The third-order valence-electron chi connectivity index (χ3n) is 3.55. The topological polar surface area (TPSA) is 70.7 Å². The number of amides is 1. The maximum atomic E-state index is 11.9. The minimum atomic E-state index is 0.114. The molecule has 0 saturated carbocycles. The van der Waals surface area contributed by atoms with Gasteiger partial charge in [-0.2, -0.15) is 0 Å². The SMILES string of the molecule is CCN(CC)C(=O)CCN=C(N)Nc1cccc(C(C)C)c1. The van der Waals surface area contributed by atoms with Crippen LogP contribution in [0.5, 0.6) is 0 Å². The van der Waals surface area contributed by atoms with Gasteiger partial charge in [-0.1, -0.05) is 26.0 Å². The Kier molecular flexibility index (Phi) is 7.43. The number of benzene rings is 1. The Bertz CT molecular complexity index is 507. The van der Waals surface area contributed by atoms with E-state index in [1.165, 1.54) is 5.56 Å². The van der Waals surface area contributed by atoms with Gasteiger partial charge in [0.15, 0.2) is 5.96 Å². The molecular weight excluding hydrogens is 276 g/mol. The van der Waals surface area contributed by atoms with Crippen LogP contribution in [0.4, 0.5) is 5.69 Å². The Morgan fingerprint density at radius 2 is 2.00 bits per heavy atom. The molecule has 22 heavy (non-hydrogen) atoms. The monoisotopic (exact) mass is 304 g/mol. The highest BCUT2D eigenvalue weighted by molar-refractivity contribution is 5.92. The van der Waals surface area contributed by atoms with Crippen LogP contribution >= 0.6 is 0 Å². The molecule has 5 heteroatoms. The molecule has 0 saturated heterocycles. The standard InChI is InChI=1S/C17H28N4O/c1-5-21(6-2)16(22)10-11-19-17(18)20-15-9-7-8-14(12-15)13(3)4/h7-9,12-13H,5-6,10-11H2,1-4H3,(H3,18,19,20). The van der Waals surface area contributed by atoms with Gasteiger partial charge < -0.3 is 16.0 Å². The van der Waals surface area contributed by atoms with Gasteiger partial charge in [0.1, 0.15) is 0 Å². The van der Waals surface area contributed by atoms with Crippen molar-refractivity contribution in [3.05, 3.63) is 29.8 Å². The average Bonchev–Trinajstić information content (AvgIpc) is 2.48. The number of nitrogens with two attached hydrogens (primary N) is 1. The van der Waals surface area contributed by atoms with E-state index in [2.05, 4.69) is 36.3 Å². The molecule has 3 N–H and O–H groups in total. The number of nitrogens with zero attached hydrogens (tertiary/aromatic N) is 2. The van der Waals surface area contributed by atoms with Gasteiger partial charge in [0.2, 0.25) is 5.91 Å². The number of nitrogens with one attached hydrogen (secondary N) is 1. The fourth-order valence-corrected chi connectivity index (χ4v) is 2.17. The van der Waals surface area contributed by atoms with E-state index in [9.17, 15) is 4.79 Å². The molecule has 0 atom stereocenters. The second-order valence-corrected chi connectivity index (χ2v) is 5.49. The summed E-state index contributed by atoms with van der Waals surface area (Å²) in [6, 6.07) is 8.10. The van der Waals surface area contributed by atoms with Crippen molar-refractivity contribution in [2.24, 2.45) is 10.7 Å². The van der Waals surface area contributed by atoms with Gasteiger partial charge in [-0.15, -0.1) is 0 Å². The third kappa shape index (κ3) is 5.76. The first-order chi connectivity index (χ1) is 10.5. The van der Waals surface area contributed by atoms with E-state index in [-0.39, 0.29) is 5.91 Å². The van der Waals surface area contributed by atoms with E-state index < -0.39 is 0 Å². The zero-order valence-electron chi connectivity index (χ0n) is 14.1. The highest BCUT2D eigenvalue weighted by Gasteiger charge is 2.08. The van der Waals surface area contributed by atoms with Gasteiger partial charge in [-0.3, -0.25) is 9.79 Å². The van der Waals surface area contributed by atoms with Gasteiger partial charge in [0.25, 0.3) is 0 Å². The molecule has 5 nitrogen and oxygen atoms in total. The van der Waals surface area contributed by atoms with Crippen LogP contribution in [-0.4, -0.2) is 36.4 Å². The molecule has 0 spiro atoms. The van der Waals surface area contributed by atoms with Crippen LogP contribution in [0.25, 0.3) is 0 Å². The summed E-state index contributed by atoms with van der Waals surface area (Å²) in [5, 5.41) is 3.07. The number of anilines is 1. The van der Waals surface area contributed by atoms with Crippen molar-refractivity contribution in [3.63, 3.8) is 0 Å². The van der Waals surface area contributed by atoms with Gasteiger partial charge in [-0.05, 0) is 37.5 Å². The number of carbonyl (C=O) groups is 1. The molecule has 1 rings (SSSR count). The summed E-state index contributed by atoms with van der Waals surface area (Å²) in [5.41, 5.74) is 8.04. The number of guanidine groups is 1. The quantitative estimate of drug-likeness (QED) is 0.601. The number of rotatable bonds is 7. The van der Waals surface area contributed by atoms with Crippen LogP contribution < -0.4 is 11.1 Å². The zero-order chi connectivity index (χ0) is 16.5. The highest BCUT2D eigenvalue weighted by Crippen LogP contribution is 2.18. The molecule has 0 aliphatic carbocycles. The minimum Gasteiger partial charge on any atom is -0.370 e. The average molecular weight is 304 g/mol. The fraction of sp³-hybridized carbons (Fsp3) is 0.529. The number of hydrogen-bond donors (Lipinski definition) is 2. The fourth-order valence-electron chi connectivity index (χ4n) is 2.17. The van der Waals surface area contributed by atoms with E-state index in [0.717, 1.165) is 18.8 Å². The first-order valence-corrected chi connectivity index (χ1v) is 7.92. The zero-order valence-corrected chi connectivity index (χ0v) is 14.1. The van der Waals surface area contributed by atoms with Gasteiger partial charge >= 0.3 is 0 Å². The highest BCUT2D eigenvalue weighted by atomic mass is 16.2. The Balaban J connectivity index is 2.53. The molecule has 0 fully saturated rings. The number of aliphatic imine (C=N–C) groups is 1. The molecule has 122 valence electrons. The molecule has 1 aromatic rings. The predicted molar refractivity (Wildman–Crippen MR) is 93.2 cm³/mol. The summed E-state index contributed by atoms with van der Waals surface area (Å²) in [6.45, 7) is 10.1. The van der Waals surface area contributed by atoms with E-state index in [0.29, 0.717) is 24.8 Å². The Morgan fingerprint density at radius 3 is 2.59 bits per heavy atom. The van der Waals surface area contributed by atoms with Gasteiger partial charge in [0.05, 0.1) is 6.54 Å². The van der Waals surface area contributed by atoms with Crippen LogP contribution in [0.2, 0.25) is 0 Å². The van der Waals surface area contributed by atoms with Gasteiger partial charge in [0, 0.05) is 25.2 Å². The Hall–Kier alpha value is -2.04. The van der Waals surface area contributed by atoms with E-state index in [1.54, 1.807) is 4.90 Å². The molecule has 0 aliphatic heterocycles. The Morgan fingerprint density at radius 1 is 1.32 bits per heavy atom. The van der Waals surface area contributed by atoms with Crippen molar-refractivity contribution < 1.29 is 4.79 Å². The predicted octanol–water partition coefficient (Wildman–Crippen LogP) is 2.80. The molecule has 0 bridgehead atoms. The van der Waals surface area contributed by atoms with Crippen molar-refractivity contribution in [3.8, 4) is 0 Å². The molecule has 0 radical (unpaired) electrons. The van der Waals surface area contributed by atoms with E-state index in [1.807, 2.05) is 26.0 Å². The summed E-state index contributed by atoms with van der Waals surface area (Å²) in [5.74, 6) is 0.920. The third-order valence-corrected chi connectivity index (χ3v) is 3.55. The second-order valence-electron chi connectivity index (χ2n) is 5.49. The molecule has 0 heterocycles. The molecule has 1 aromatic carbocycles. The largest absolute Gasteiger partial charge is 0.370 e. The maximum absolute atomic E-state index is 11.9. The summed E-state index contributed by atoms with van der Waals surface area (Å²) in [7, 11) is 0. The van der Waals surface area contributed by atoms with Crippen LogP contribution in [0.15, 0.2) is 29.3 Å². The summed E-state index contributed by atoms with van der Waals surface area (Å²) >= 11 is 0. The first-order valence-electron chi connectivity index (χ1n) is 7.92. The lowest BCUT2D eigenvalue weighted by Crippen LogP contribution is -2.31. The molecular formula is C17H28N4O. The van der Waals surface area contributed by atoms with Gasteiger partial charge in [-0.25, -0.2) is 0 Å². The normalized spacial score (nSPS) is 11.6. The molecule has 1 amide bonds. The number of carbonyl (C=O) groups excluding carboxylic acids is 1. The van der Waals surface area contributed by atoms with Crippen molar-refractivity contribution in [1.82, 2.24) is 4.90 Å². The van der Waals surface area contributed by atoms with E-state index >= 15 is 0 Å². The van der Waals surface area contributed by atoms with Crippen LogP contribution in [-0.2, 0) is 4.79 Å². The lowest BCUT2D eigenvalue weighted by atomic mass is 10.0. The summed E-state index contributed by atoms with van der Waals surface area (Å²) in [6.07, 6.45) is 0.385. The smallest absolute Gasteiger partial charge is 0.224 e. The van der Waals surface area contributed by atoms with Crippen molar-refractivity contribution >= 4 is 17.6 Å². The summed E-state index contributed by atoms with van der Waals surface area (Å²) in [4.78, 5) is 17.9. The van der Waals surface area contributed by atoms with Crippen molar-refractivity contribution in [2.45, 2.75) is 40.0 Å². The second kappa shape index (κ2) is 9.07. The van der Waals surface area contributed by atoms with Crippen molar-refractivity contribution in [1.29, 1.82) is 0 Å². The molecule has 0 aromatic heterocycles. The van der Waals surface area contributed by atoms with Crippen LogP contribution in [0.3, 0.4) is 0 Å². The lowest BCUT2D eigenvalue weighted by molar-refractivity contribution is -0.130. The van der Waals surface area contributed by atoms with Crippen LogP contribution in [0, 0.1) is 0 Å². The number of hydrogen-bond acceptors (Lipinski definition) is 2. The van der Waals surface area contributed by atoms with Crippen LogP contribution in [0.1, 0.15) is 45.6 Å². The maximum Gasteiger partial charge on any atom is 0.224 e. The van der Waals surface area contributed by atoms with E-state index in [4.69, 9.17) is 5.73 Å². The molecule has 0 aliphatic rings. The Labute approximate surface area is 133 Å². The lowest BCUT2D eigenvalue weighted by Gasteiger charge is -2.17. The minimum absolute atomic E-state index is 0.114. The van der Waals surface area contributed by atoms with Crippen molar-refractivity contribution in [2.75, 3.05) is 25.0 Å². The summed E-state index contributed by atoms with van der Waals surface area (Å²) < 4.78 is 0. The first kappa shape index (κ1) is 18.0.